The van der Waals surface area contributed by atoms with Crippen molar-refractivity contribution in [3.05, 3.63) is 85.1 Å². The molecular weight excluding hydrogens is 947 g/mol. The quantitative estimate of drug-likeness (QED) is 0.0211. The van der Waals surface area contributed by atoms with Crippen molar-refractivity contribution in [3.8, 4) is 0 Å². The second-order valence-corrected chi connectivity index (χ2v) is 22.0. The number of likely N-dealkylation sites (N-methyl/N-ethyl adjacent to an activating group) is 1. The van der Waals surface area contributed by atoms with Crippen LogP contribution >= 0.6 is 0 Å². The molecule has 0 saturated carbocycles. The monoisotopic (exact) mass is 1060 g/mol. The fourth-order valence-corrected chi connectivity index (χ4v) is 8.64. The van der Waals surface area contributed by atoms with Gasteiger partial charge in [0.2, 0.25) is 0 Å². The first-order valence-corrected chi connectivity index (χ1v) is 31.3. The number of nitrogens with zero attached hydrogens (tertiary/aromatic N) is 1. The van der Waals surface area contributed by atoms with Crippen LogP contribution in [0.5, 0.6) is 0 Å². The van der Waals surface area contributed by atoms with Gasteiger partial charge in [-0.3, -0.25) is 9.59 Å². The van der Waals surface area contributed by atoms with Gasteiger partial charge in [0.15, 0.2) is 6.10 Å². The maximum absolute atomic E-state index is 12.9. The number of rotatable bonds is 57. The zero-order chi connectivity index (χ0) is 55.5. The Kier molecular flexibility index (Phi) is 55.0. The van der Waals surface area contributed by atoms with Crippen LogP contribution in [0.15, 0.2) is 85.1 Å². The third-order valence-corrected chi connectivity index (χ3v) is 13.4. The summed E-state index contributed by atoms with van der Waals surface area (Å²) in [6.07, 6.45) is 73.8. The number of unbranched alkanes of at least 4 members (excludes halogenated alkanes) is 28. The maximum Gasteiger partial charge on any atom is 0.361 e. The molecule has 76 heavy (non-hydrogen) atoms. The van der Waals surface area contributed by atoms with Crippen molar-refractivity contribution < 1.29 is 42.9 Å². The van der Waals surface area contributed by atoms with E-state index in [0.29, 0.717) is 23.9 Å². The Balaban J connectivity index is 4.24. The number of ether oxygens (including phenoxy) is 4. The Morgan fingerprint density at radius 1 is 0.408 bits per heavy atom. The highest BCUT2D eigenvalue weighted by Gasteiger charge is 2.25. The Bertz CT molecular complexity index is 1520. The van der Waals surface area contributed by atoms with Crippen LogP contribution in [-0.2, 0) is 33.3 Å². The molecule has 0 bridgehead atoms. The summed E-state index contributed by atoms with van der Waals surface area (Å²) in [6.45, 7) is 4.78. The lowest BCUT2D eigenvalue weighted by molar-refractivity contribution is -0.870. The minimum absolute atomic E-state index is 0.183. The number of carboxylic acid groups (broad SMARTS) is 1. The van der Waals surface area contributed by atoms with Crippen molar-refractivity contribution in [1.82, 2.24) is 0 Å². The minimum atomic E-state index is -1.52. The average molecular weight is 1070 g/mol. The molecule has 9 heteroatoms. The first kappa shape index (κ1) is 72.5. The van der Waals surface area contributed by atoms with Crippen molar-refractivity contribution in [2.45, 2.75) is 277 Å². The second-order valence-electron chi connectivity index (χ2n) is 22.0. The Morgan fingerprint density at radius 3 is 1.12 bits per heavy atom. The highest BCUT2D eigenvalue weighted by Crippen LogP contribution is 2.17. The Hall–Kier alpha value is -3.53. The molecule has 0 saturated heterocycles. The van der Waals surface area contributed by atoms with E-state index in [2.05, 4.69) is 98.9 Å². The predicted molar refractivity (Wildman–Crippen MR) is 322 cm³/mol. The standard InChI is InChI=1S/C67H117NO8/c1-6-8-10-12-14-16-18-20-22-24-26-28-30-31-32-33-34-35-36-38-40-42-44-46-48-50-52-54-56-58-65(70)76-63(62-75-67(66(71)72)73-60-59-68(3,4)5)61-74-64(69)57-55-53-51-49-47-45-43-41-39-37-29-27-25-23-21-19-17-15-13-11-9-7-2/h8,10,14,16,20,22,26,28,31-32,34-35,38,40,63,67H,6-7,9,11-13,15,17-19,21,23-25,27,29-30,33,36-37,39,41-62H2,1-5H3/p+1/b10-8-,16-14-,22-20-,28-26-,32-31-,35-34-,40-38-. The summed E-state index contributed by atoms with van der Waals surface area (Å²) in [7, 11) is 5.97. The van der Waals surface area contributed by atoms with Crippen LogP contribution in [0.2, 0.25) is 0 Å². The van der Waals surface area contributed by atoms with Gasteiger partial charge < -0.3 is 28.5 Å². The molecule has 0 spiro atoms. The SMILES string of the molecule is CC/C=C\C/C=C\C/C=C\C/C=C\C/C=C\C/C=C\C/C=C\CCCCCCCCCC(=O)OC(COC(=O)CCCCCCCCCCCCCCCCCCCCCCCC)COC(OCC[N+](C)(C)C)C(=O)O. The van der Waals surface area contributed by atoms with Crippen LogP contribution in [0, 0.1) is 0 Å². The minimum Gasteiger partial charge on any atom is -0.477 e. The Morgan fingerprint density at radius 2 is 0.750 bits per heavy atom. The highest BCUT2D eigenvalue weighted by molar-refractivity contribution is 5.71. The molecule has 438 valence electrons. The number of quaternary nitrogens is 1. The first-order chi connectivity index (χ1) is 37.1. The molecule has 1 N–H and O–H groups in total. The lowest BCUT2D eigenvalue weighted by atomic mass is 10.0. The molecule has 0 aliphatic heterocycles. The third-order valence-electron chi connectivity index (χ3n) is 13.4. The van der Waals surface area contributed by atoms with E-state index in [1.54, 1.807) is 0 Å². The van der Waals surface area contributed by atoms with Crippen LogP contribution in [0.4, 0.5) is 0 Å². The van der Waals surface area contributed by atoms with Crippen molar-refractivity contribution in [2.75, 3.05) is 47.5 Å². The molecular formula is C67H118NO8+. The van der Waals surface area contributed by atoms with E-state index in [9.17, 15) is 19.5 Å². The van der Waals surface area contributed by atoms with Crippen molar-refractivity contribution in [2.24, 2.45) is 0 Å². The summed E-state index contributed by atoms with van der Waals surface area (Å²) in [5.41, 5.74) is 0. The molecule has 0 fully saturated rings. The van der Waals surface area contributed by atoms with Gasteiger partial charge in [-0.15, -0.1) is 0 Å². The zero-order valence-corrected chi connectivity index (χ0v) is 49.9. The molecule has 0 aromatic heterocycles. The van der Waals surface area contributed by atoms with E-state index in [1.165, 1.54) is 141 Å². The largest absolute Gasteiger partial charge is 0.477 e. The topological polar surface area (TPSA) is 108 Å². The van der Waals surface area contributed by atoms with Crippen LogP contribution in [0.25, 0.3) is 0 Å². The van der Waals surface area contributed by atoms with Gasteiger partial charge in [0.05, 0.1) is 34.4 Å². The maximum atomic E-state index is 12.9. The van der Waals surface area contributed by atoms with Crippen molar-refractivity contribution in [3.63, 3.8) is 0 Å². The van der Waals surface area contributed by atoms with Gasteiger partial charge in [0.25, 0.3) is 6.29 Å². The molecule has 9 nitrogen and oxygen atoms in total. The molecule has 0 rings (SSSR count). The molecule has 0 radical (unpaired) electrons. The lowest BCUT2D eigenvalue weighted by Crippen LogP contribution is -2.40. The summed E-state index contributed by atoms with van der Waals surface area (Å²) >= 11 is 0. The van der Waals surface area contributed by atoms with Gasteiger partial charge in [-0.25, -0.2) is 4.79 Å². The van der Waals surface area contributed by atoms with Crippen LogP contribution in [0.3, 0.4) is 0 Å². The number of carboxylic acids is 1. The number of hydrogen-bond acceptors (Lipinski definition) is 7. The molecule has 2 unspecified atom stereocenters. The smallest absolute Gasteiger partial charge is 0.361 e. The van der Waals surface area contributed by atoms with Crippen LogP contribution < -0.4 is 0 Å². The molecule has 0 aromatic rings. The predicted octanol–water partition coefficient (Wildman–Crippen LogP) is 18.7. The fraction of sp³-hybridized carbons (Fsp3) is 0.746. The molecule has 0 aliphatic carbocycles. The van der Waals surface area contributed by atoms with E-state index in [-0.39, 0.29) is 32.2 Å². The number of hydrogen-bond donors (Lipinski definition) is 1. The second kappa shape index (κ2) is 57.6. The van der Waals surface area contributed by atoms with E-state index < -0.39 is 24.3 Å². The summed E-state index contributed by atoms with van der Waals surface area (Å²) in [5.74, 6) is -2.01. The molecule has 0 amide bonds. The molecule has 2 atom stereocenters. The normalized spacial score (nSPS) is 13.3. The van der Waals surface area contributed by atoms with E-state index in [0.717, 1.165) is 89.9 Å². The summed E-state index contributed by atoms with van der Waals surface area (Å²) in [6, 6.07) is 0. The first-order valence-electron chi connectivity index (χ1n) is 31.3. The van der Waals surface area contributed by atoms with Crippen LogP contribution in [-0.4, -0.2) is 87.4 Å². The molecule has 0 heterocycles. The van der Waals surface area contributed by atoms with E-state index >= 15 is 0 Å². The fourth-order valence-electron chi connectivity index (χ4n) is 8.64. The summed E-state index contributed by atoms with van der Waals surface area (Å²) < 4.78 is 22.9. The summed E-state index contributed by atoms with van der Waals surface area (Å²) in [4.78, 5) is 37.5. The van der Waals surface area contributed by atoms with Crippen molar-refractivity contribution >= 4 is 17.9 Å². The average Bonchev–Trinajstić information content (AvgIpc) is 3.39. The zero-order valence-electron chi connectivity index (χ0n) is 49.9. The van der Waals surface area contributed by atoms with Gasteiger partial charge in [-0.1, -0.05) is 266 Å². The van der Waals surface area contributed by atoms with Gasteiger partial charge in [-0.05, 0) is 70.6 Å². The van der Waals surface area contributed by atoms with Gasteiger partial charge >= 0.3 is 17.9 Å². The Labute approximate surface area is 468 Å². The van der Waals surface area contributed by atoms with Crippen LogP contribution in [0.1, 0.15) is 264 Å². The van der Waals surface area contributed by atoms with E-state index in [4.69, 9.17) is 18.9 Å². The lowest BCUT2D eigenvalue weighted by Gasteiger charge is -2.25. The van der Waals surface area contributed by atoms with Gasteiger partial charge in [0.1, 0.15) is 13.2 Å². The molecule has 0 aliphatic rings. The number of esters is 2. The number of carbonyl (C=O) groups excluding carboxylic acids is 2. The van der Waals surface area contributed by atoms with E-state index in [1.807, 2.05) is 21.1 Å². The summed E-state index contributed by atoms with van der Waals surface area (Å²) in [5, 5.41) is 9.72. The number of allylic oxidation sites excluding steroid dienone is 14. The van der Waals surface area contributed by atoms with Gasteiger partial charge in [0, 0.05) is 12.8 Å². The van der Waals surface area contributed by atoms with Gasteiger partial charge in [-0.2, -0.15) is 0 Å². The number of carbonyl (C=O) groups is 3. The third kappa shape index (κ3) is 58.2. The number of aliphatic carboxylic acids is 1. The highest BCUT2D eigenvalue weighted by atomic mass is 16.7. The van der Waals surface area contributed by atoms with Crippen molar-refractivity contribution in [1.29, 1.82) is 0 Å². The molecule has 0 aromatic carbocycles.